The van der Waals surface area contributed by atoms with Crippen LogP contribution >= 0.6 is 0 Å². The van der Waals surface area contributed by atoms with Crippen molar-refractivity contribution in [3.05, 3.63) is 130 Å². The number of likely N-dealkylation sites (N-methyl/N-ethyl adjacent to an activating group) is 4. The molecular weight excluding hydrogens is 805 g/mol. The molecule has 2 aromatic heterocycles. The Kier molecular flexibility index (Phi) is 10.3. The van der Waals surface area contributed by atoms with Crippen molar-refractivity contribution in [3.8, 4) is 0 Å². The van der Waals surface area contributed by atoms with Gasteiger partial charge in [-0.2, -0.15) is 0 Å². The second-order valence-electron chi connectivity index (χ2n) is 19.0. The summed E-state index contributed by atoms with van der Waals surface area (Å²) in [7, 11) is 13.5. The lowest BCUT2D eigenvalue weighted by atomic mass is 10.1. The van der Waals surface area contributed by atoms with Gasteiger partial charge in [0.1, 0.15) is 22.6 Å². The van der Waals surface area contributed by atoms with Crippen LogP contribution in [0.2, 0.25) is 0 Å². The van der Waals surface area contributed by atoms with Crippen molar-refractivity contribution in [1.29, 1.82) is 0 Å². The molecule has 322 valence electrons. The first-order chi connectivity index (χ1) is 30.3. The van der Waals surface area contributed by atoms with Crippen molar-refractivity contribution in [2.75, 3.05) is 109 Å². The second-order valence-corrected chi connectivity index (χ2v) is 21.6. The summed E-state index contributed by atoms with van der Waals surface area (Å²) >= 11 is 0. The zero-order valence-corrected chi connectivity index (χ0v) is 38.6. The van der Waals surface area contributed by atoms with Gasteiger partial charge in [-0.3, -0.25) is 18.3 Å². The standard InChI is InChI=1S/C48H56N12O2Si/c1-55(25-29-59(3,4)5)27-31-61-63(62-32-28-56(2)26-30-60(6,7)8)57-45-37-21-13-14-22-38(37)47(57)53-43-35-19-11-12-20-36(35)44(50-43)54-48-40-24-16-15-23-39(40)46(58(48)63)52-42-34-18-10-9-17-33(34)41(49-42)51-45/h9-24H,25-32H2,1-8H3/q+2. The number of rotatable bonds is 14. The minimum absolute atomic E-state index is 0.355. The maximum atomic E-state index is 7.74. The molecule has 6 heterocycles. The van der Waals surface area contributed by atoms with Crippen molar-refractivity contribution in [1.82, 2.24) is 18.3 Å². The molecular formula is C48H56N12O2Si+2. The number of hydrogen-bond donors (Lipinski definition) is 0. The summed E-state index contributed by atoms with van der Waals surface area (Å²) in [6, 6.07) is 33.1. The fourth-order valence-corrected chi connectivity index (χ4v) is 11.8. The van der Waals surface area contributed by atoms with Crippen molar-refractivity contribution >= 4 is 65.4 Å². The number of quaternary nitrogens is 2. The first kappa shape index (κ1) is 41.2. The van der Waals surface area contributed by atoms with Crippen LogP contribution < -0.4 is 11.0 Å². The number of aliphatic imine (C=N–C) groups is 4. The number of fused-ring (bicyclic) bond motifs is 14. The summed E-state index contributed by atoms with van der Waals surface area (Å²) in [5.41, 5.74) is 4.93. The fraction of sp³-hybridized carbons (Fsp3) is 0.333. The molecule has 0 saturated heterocycles. The van der Waals surface area contributed by atoms with E-state index in [-0.39, 0.29) is 0 Å². The lowest BCUT2D eigenvalue weighted by Gasteiger charge is -2.35. The van der Waals surface area contributed by atoms with E-state index in [4.69, 9.17) is 38.8 Å². The summed E-state index contributed by atoms with van der Waals surface area (Å²) < 4.78 is 21.6. The third kappa shape index (κ3) is 7.52. The van der Waals surface area contributed by atoms with E-state index >= 15 is 0 Å². The van der Waals surface area contributed by atoms with Crippen LogP contribution in [-0.4, -0.2) is 168 Å². The average Bonchev–Trinajstić information content (AvgIpc) is 3.97. The molecule has 0 saturated carbocycles. The topological polar surface area (TPSA) is 109 Å². The first-order valence-corrected chi connectivity index (χ1v) is 23.5. The molecule has 63 heavy (non-hydrogen) atoms. The maximum absolute atomic E-state index is 7.74. The summed E-state index contributed by atoms with van der Waals surface area (Å²) in [6.07, 6.45) is 0. The highest BCUT2D eigenvalue weighted by atomic mass is 28.4. The zero-order chi connectivity index (χ0) is 43.7. The van der Waals surface area contributed by atoms with Gasteiger partial charge in [0.2, 0.25) is 0 Å². The molecule has 14 nitrogen and oxygen atoms in total. The Morgan fingerprint density at radius 2 is 0.794 bits per heavy atom. The Balaban J connectivity index is 1.32. The van der Waals surface area contributed by atoms with E-state index in [1.807, 2.05) is 24.3 Å². The Bertz CT molecular complexity index is 2860. The highest BCUT2D eigenvalue weighted by Crippen LogP contribution is 2.43. The number of nitrogens with zero attached hydrogens (tertiary/aromatic N) is 12. The Morgan fingerprint density at radius 3 is 1.17 bits per heavy atom. The van der Waals surface area contributed by atoms with Crippen LogP contribution in [-0.2, 0) is 8.85 Å². The third-order valence-corrected chi connectivity index (χ3v) is 15.3. The van der Waals surface area contributed by atoms with Gasteiger partial charge in [0.25, 0.3) is 0 Å². The van der Waals surface area contributed by atoms with E-state index in [0.29, 0.717) is 72.3 Å². The molecule has 4 aromatic carbocycles. The van der Waals surface area contributed by atoms with Crippen molar-refractivity contribution in [3.63, 3.8) is 0 Å². The van der Waals surface area contributed by atoms with E-state index in [1.54, 1.807) is 0 Å². The van der Waals surface area contributed by atoms with Crippen LogP contribution in [0.25, 0.3) is 21.5 Å². The second kappa shape index (κ2) is 15.8. The predicted octanol–water partition coefficient (Wildman–Crippen LogP) is 4.68. The lowest BCUT2D eigenvalue weighted by Crippen LogP contribution is -2.64. The highest BCUT2D eigenvalue weighted by Gasteiger charge is 2.53. The quantitative estimate of drug-likeness (QED) is 0.117. The smallest absolute Gasteiger partial charge is 0.360 e. The normalized spacial score (nSPS) is 16.0. The molecule has 0 N–H and O–H groups in total. The van der Waals surface area contributed by atoms with Crippen LogP contribution in [0.1, 0.15) is 22.3 Å². The molecule has 4 aliphatic heterocycles. The van der Waals surface area contributed by atoms with E-state index in [9.17, 15) is 0 Å². The van der Waals surface area contributed by atoms with Crippen molar-refractivity contribution in [2.45, 2.75) is 0 Å². The summed E-state index contributed by atoms with van der Waals surface area (Å²) in [4.78, 5) is 37.4. The number of hydrogen-bond acceptors (Lipinski definition) is 10. The number of benzene rings is 4. The minimum atomic E-state index is -4.20. The molecule has 0 spiro atoms. The average molecular weight is 861 g/mol. The Labute approximate surface area is 369 Å². The molecule has 0 aliphatic carbocycles. The molecule has 10 rings (SSSR count). The van der Waals surface area contributed by atoms with Gasteiger partial charge in [-0.25, -0.2) is 30.0 Å². The minimum Gasteiger partial charge on any atom is -0.360 e. The molecule has 15 heteroatoms. The molecule has 6 bridgehead atoms. The fourth-order valence-electron chi connectivity index (χ4n) is 8.57. The maximum Gasteiger partial charge on any atom is 0.603 e. The van der Waals surface area contributed by atoms with E-state index in [0.717, 1.165) is 78.9 Å². The largest absolute Gasteiger partial charge is 0.603 e. The van der Waals surface area contributed by atoms with Gasteiger partial charge in [-0.05, 0) is 14.1 Å². The molecule has 6 aromatic rings. The van der Waals surface area contributed by atoms with Crippen LogP contribution in [0, 0.1) is 0 Å². The summed E-state index contributed by atoms with van der Waals surface area (Å²) in [6.45, 7) is 5.80. The SMILES string of the molecule is CN(CCO[Si]1(OCCN(C)CC[N+](C)(C)C)n2c3c4ccccc4c2N=C2N=C(N=c4c5ccccc5c(n41)=NC1=NC(=N3)c3ccccc31)c1ccccc12)CC[N+](C)(C)C. The predicted molar refractivity (Wildman–Crippen MR) is 254 cm³/mol. The molecule has 0 atom stereocenters. The zero-order valence-electron chi connectivity index (χ0n) is 37.6. The van der Waals surface area contributed by atoms with Gasteiger partial charge in [0.05, 0.1) is 68.6 Å². The van der Waals surface area contributed by atoms with Gasteiger partial charge < -0.3 is 17.8 Å². The molecule has 0 amide bonds. The summed E-state index contributed by atoms with van der Waals surface area (Å²) in [5, 5.41) is 3.61. The molecule has 0 fully saturated rings. The van der Waals surface area contributed by atoms with Gasteiger partial charge >= 0.3 is 8.88 Å². The van der Waals surface area contributed by atoms with Gasteiger partial charge in [0.15, 0.2) is 23.3 Å². The lowest BCUT2D eigenvalue weighted by molar-refractivity contribution is -0.869. The van der Waals surface area contributed by atoms with E-state index in [2.05, 4.69) is 147 Å². The highest BCUT2D eigenvalue weighted by molar-refractivity contribution is 6.66. The molecule has 4 aliphatic rings. The van der Waals surface area contributed by atoms with E-state index < -0.39 is 8.88 Å². The number of amidine groups is 4. The Hall–Kier alpha value is -5.78. The summed E-state index contributed by atoms with van der Waals surface area (Å²) in [5.74, 6) is 3.59. The van der Waals surface area contributed by atoms with Crippen LogP contribution in [0.3, 0.4) is 0 Å². The van der Waals surface area contributed by atoms with Crippen molar-refractivity contribution < 1.29 is 17.8 Å². The number of aromatic nitrogens is 2. The van der Waals surface area contributed by atoms with Crippen molar-refractivity contribution in [2.24, 2.45) is 30.0 Å². The van der Waals surface area contributed by atoms with E-state index in [1.165, 1.54) is 0 Å². The third-order valence-electron chi connectivity index (χ3n) is 12.1. The monoisotopic (exact) mass is 860 g/mol. The Morgan fingerprint density at radius 1 is 0.444 bits per heavy atom. The molecule has 0 unspecified atom stereocenters. The van der Waals surface area contributed by atoms with Gasteiger partial charge in [0, 0.05) is 70.0 Å². The molecule has 0 radical (unpaired) electrons. The van der Waals surface area contributed by atoms with Crippen LogP contribution in [0.5, 0.6) is 0 Å². The first-order valence-electron chi connectivity index (χ1n) is 21.8. The van der Waals surface area contributed by atoms with Crippen LogP contribution in [0.4, 0.5) is 11.6 Å². The van der Waals surface area contributed by atoms with Gasteiger partial charge in [-0.15, -0.1) is 0 Å². The van der Waals surface area contributed by atoms with Crippen LogP contribution in [0.15, 0.2) is 127 Å². The van der Waals surface area contributed by atoms with Gasteiger partial charge in [-0.1, -0.05) is 97.1 Å².